The number of hydrogen-bond donors (Lipinski definition) is 0. The van der Waals surface area contributed by atoms with E-state index in [2.05, 4.69) is 161 Å². The Morgan fingerprint density at radius 3 is 2.21 bits per heavy atom. The molecule has 4 heteroatoms. The van der Waals surface area contributed by atoms with Gasteiger partial charge in [-0.3, -0.25) is 4.98 Å². The zero-order valence-electron chi connectivity index (χ0n) is 28.8. The van der Waals surface area contributed by atoms with E-state index < -0.39 is 0 Å². The van der Waals surface area contributed by atoms with E-state index in [1.165, 1.54) is 43.9 Å². The van der Waals surface area contributed by atoms with Crippen molar-refractivity contribution in [2.75, 3.05) is 0 Å². The van der Waals surface area contributed by atoms with Crippen LogP contribution in [0, 0.1) is 12.5 Å². The third kappa shape index (κ3) is 6.98. The SMILES string of the molecule is CC(C)(C)c1ccnc(-c2[c-]cc3ccc4ccccc4c3c2)c1.CC(C)(C)c1ccnc(C2[CH-]CC3Oc4ccccc4C3C2)c1.[Ir]. The molecule has 1 aliphatic carbocycles. The molecule has 1 aliphatic heterocycles. The van der Waals surface area contributed by atoms with Crippen molar-refractivity contribution >= 4 is 21.5 Å². The van der Waals surface area contributed by atoms with E-state index in [-0.39, 0.29) is 30.9 Å². The minimum absolute atomic E-state index is 0. The van der Waals surface area contributed by atoms with E-state index in [0.29, 0.717) is 17.9 Å². The first-order valence-corrected chi connectivity index (χ1v) is 16.9. The summed E-state index contributed by atoms with van der Waals surface area (Å²) in [5.41, 5.74) is 7.55. The molecule has 3 nitrogen and oxygen atoms in total. The summed E-state index contributed by atoms with van der Waals surface area (Å²) in [5, 5.41) is 5.00. The fourth-order valence-electron chi connectivity index (χ4n) is 6.99. The monoisotopic (exact) mass is 809 g/mol. The van der Waals surface area contributed by atoms with Crippen molar-refractivity contribution in [1.82, 2.24) is 9.97 Å². The molecular formula is C44H44IrN2O-2. The van der Waals surface area contributed by atoms with Crippen LogP contribution in [0.25, 0.3) is 32.8 Å². The van der Waals surface area contributed by atoms with Crippen LogP contribution in [-0.4, -0.2) is 16.1 Å². The summed E-state index contributed by atoms with van der Waals surface area (Å²) in [4.78, 5) is 9.25. The summed E-state index contributed by atoms with van der Waals surface area (Å²) in [6.07, 6.45) is 8.69. The third-order valence-electron chi connectivity index (χ3n) is 9.81. The number of fused-ring (bicyclic) bond motifs is 6. The first-order valence-electron chi connectivity index (χ1n) is 16.9. The van der Waals surface area contributed by atoms with E-state index in [1.54, 1.807) is 0 Å². The Kier molecular flexibility index (Phi) is 9.62. The van der Waals surface area contributed by atoms with E-state index in [1.807, 2.05) is 12.4 Å². The molecule has 3 atom stereocenters. The average molecular weight is 809 g/mol. The largest absolute Gasteiger partial charge is 0.492 e. The van der Waals surface area contributed by atoms with Gasteiger partial charge in [0.05, 0.1) is 6.10 Å². The second-order valence-corrected chi connectivity index (χ2v) is 15.1. The van der Waals surface area contributed by atoms with Crippen LogP contribution in [-0.2, 0) is 30.9 Å². The van der Waals surface area contributed by atoms with Crippen LogP contribution < -0.4 is 4.74 Å². The van der Waals surface area contributed by atoms with Crippen LogP contribution in [0.15, 0.2) is 109 Å². The molecule has 2 aliphatic rings. The van der Waals surface area contributed by atoms with Crippen LogP contribution >= 0.6 is 0 Å². The Hall–Kier alpha value is -3.85. The zero-order valence-corrected chi connectivity index (χ0v) is 31.1. The van der Waals surface area contributed by atoms with E-state index in [9.17, 15) is 0 Å². The molecule has 3 unspecified atom stereocenters. The molecule has 48 heavy (non-hydrogen) atoms. The van der Waals surface area contributed by atoms with Crippen LogP contribution in [0.1, 0.15) is 88.6 Å². The second kappa shape index (κ2) is 13.6. The Bertz CT molecular complexity index is 2050. The predicted octanol–water partition coefficient (Wildman–Crippen LogP) is 11.2. The molecule has 6 aromatic rings. The van der Waals surface area contributed by atoms with Crippen molar-refractivity contribution in [3.63, 3.8) is 0 Å². The fraction of sp³-hybridized carbons (Fsp3) is 0.295. The molecule has 0 spiro atoms. The van der Waals surface area contributed by atoms with Gasteiger partial charge in [0.15, 0.2) is 0 Å². The van der Waals surface area contributed by atoms with Gasteiger partial charge >= 0.3 is 0 Å². The van der Waals surface area contributed by atoms with Gasteiger partial charge in [-0.15, -0.1) is 36.1 Å². The van der Waals surface area contributed by atoms with Crippen molar-refractivity contribution in [2.45, 2.75) is 83.2 Å². The maximum atomic E-state index is 6.12. The number of rotatable bonds is 2. The summed E-state index contributed by atoms with van der Waals surface area (Å²) in [5.74, 6) is 2.00. The molecule has 0 N–H and O–H groups in total. The minimum Gasteiger partial charge on any atom is -0.492 e. The van der Waals surface area contributed by atoms with Gasteiger partial charge < -0.3 is 16.1 Å². The van der Waals surface area contributed by atoms with Gasteiger partial charge in [0.25, 0.3) is 0 Å². The first kappa shape index (κ1) is 34.0. The smallest absolute Gasteiger partial charge is 0.123 e. The molecule has 0 saturated heterocycles. The number of ether oxygens (including phenoxy) is 1. The van der Waals surface area contributed by atoms with Crippen molar-refractivity contribution in [2.24, 2.45) is 0 Å². The molecule has 1 fully saturated rings. The molecule has 3 heterocycles. The Balaban J connectivity index is 0.000000164. The summed E-state index contributed by atoms with van der Waals surface area (Å²) in [6.45, 7) is 13.5. The summed E-state index contributed by atoms with van der Waals surface area (Å²) < 4.78 is 6.12. The van der Waals surface area contributed by atoms with Gasteiger partial charge in [-0.1, -0.05) is 119 Å². The number of benzene rings is 4. The first-order chi connectivity index (χ1) is 22.5. The Morgan fingerprint density at radius 1 is 0.729 bits per heavy atom. The normalized spacial score (nSPS) is 18.6. The number of para-hydroxylation sites is 1. The number of aromatic nitrogens is 2. The maximum Gasteiger partial charge on any atom is 0.123 e. The topological polar surface area (TPSA) is 35.0 Å². The van der Waals surface area contributed by atoms with Crippen molar-refractivity contribution in [1.29, 1.82) is 0 Å². The standard InChI is InChI=1S/C23H20N.C21H24NO.Ir/c1-23(2,3)19-12-13-24-22(15-19)18-11-10-17-9-8-16-6-4-5-7-20(16)21(17)14-18;1-21(2,3)15-10-11-22-18(13-15)14-8-9-20-17(12-14)16-6-4-5-7-19(16)23-20;/h4-10,12-15H,1-3H3;4-8,10-11,13-14,17,20H,9,12H2,1-3H3;/q2*-1;. The summed E-state index contributed by atoms with van der Waals surface area (Å²) in [6, 6.07) is 37.8. The van der Waals surface area contributed by atoms with Crippen LogP contribution in [0.4, 0.5) is 0 Å². The molecular weight excluding hydrogens is 765 g/mol. The van der Waals surface area contributed by atoms with Crippen LogP contribution in [0.2, 0.25) is 0 Å². The Labute approximate surface area is 299 Å². The Morgan fingerprint density at radius 2 is 1.42 bits per heavy atom. The van der Waals surface area contributed by atoms with E-state index in [0.717, 1.165) is 29.8 Å². The number of hydrogen-bond acceptors (Lipinski definition) is 3. The molecule has 2 aromatic heterocycles. The van der Waals surface area contributed by atoms with Gasteiger partial charge in [0.2, 0.25) is 0 Å². The maximum absolute atomic E-state index is 6.12. The van der Waals surface area contributed by atoms with E-state index >= 15 is 0 Å². The minimum atomic E-state index is 0. The van der Waals surface area contributed by atoms with Gasteiger partial charge in [0, 0.05) is 49.7 Å². The molecule has 0 bridgehead atoms. The molecule has 247 valence electrons. The summed E-state index contributed by atoms with van der Waals surface area (Å²) in [7, 11) is 0. The van der Waals surface area contributed by atoms with Crippen LogP contribution in [0.3, 0.4) is 0 Å². The second-order valence-electron chi connectivity index (χ2n) is 15.1. The fourth-order valence-corrected chi connectivity index (χ4v) is 6.99. The van der Waals surface area contributed by atoms with Gasteiger partial charge in [-0.05, 0) is 62.7 Å². The molecule has 4 aromatic carbocycles. The molecule has 8 rings (SSSR count). The van der Waals surface area contributed by atoms with Gasteiger partial charge in [0.1, 0.15) is 5.75 Å². The number of nitrogens with zero attached hydrogens (tertiary/aromatic N) is 2. The van der Waals surface area contributed by atoms with Gasteiger partial charge in [-0.25, -0.2) is 0 Å². The predicted molar refractivity (Wildman–Crippen MR) is 195 cm³/mol. The summed E-state index contributed by atoms with van der Waals surface area (Å²) >= 11 is 0. The number of pyridine rings is 2. The van der Waals surface area contributed by atoms with Crippen molar-refractivity contribution in [3.05, 3.63) is 144 Å². The molecule has 1 saturated carbocycles. The molecule has 0 amide bonds. The quantitative estimate of drug-likeness (QED) is 0.129. The van der Waals surface area contributed by atoms with Crippen LogP contribution in [0.5, 0.6) is 5.75 Å². The van der Waals surface area contributed by atoms with Crippen molar-refractivity contribution in [3.8, 4) is 17.0 Å². The third-order valence-corrected chi connectivity index (χ3v) is 9.81. The van der Waals surface area contributed by atoms with E-state index in [4.69, 9.17) is 4.74 Å². The average Bonchev–Trinajstić information content (AvgIpc) is 3.46. The van der Waals surface area contributed by atoms with Crippen molar-refractivity contribution < 1.29 is 24.8 Å². The zero-order chi connectivity index (χ0) is 32.8. The molecule has 1 radical (unpaired) electrons. The van der Waals surface area contributed by atoms with Gasteiger partial charge in [-0.2, -0.15) is 0 Å².